The summed E-state index contributed by atoms with van der Waals surface area (Å²) in [5, 5.41) is 11.0. The molecule has 2 heterocycles. The lowest BCUT2D eigenvalue weighted by Crippen LogP contribution is -2.22. The Bertz CT molecular complexity index is 1260. The molecule has 4 aromatic rings. The van der Waals surface area contributed by atoms with Crippen molar-refractivity contribution in [3.05, 3.63) is 119 Å². The van der Waals surface area contributed by atoms with E-state index in [4.69, 9.17) is 0 Å². The number of aryl methyl sites for hydroxylation is 1. The number of amides is 1. The fraction of sp³-hybridized carbons (Fsp3) is 0.111. The van der Waals surface area contributed by atoms with Crippen molar-refractivity contribution in [1.29, 1.82) is 0 Å². The van der Waals surface area contributed by atoms with Gasteiger partial charge in [0.15, 0.2) is 0 Å². The fourth-order valence-corrected chi connectivity index (χ4v) is 3.96. The van der Waals surface area contributed by atoms with Crippen molar-refractivity contribution in [2.75, 3.05) is 10.6 Å². The van der Waals surface area contributed by atoms with Crippen molar-refractivity contribution in [2.45, 2.75) is 19.4 Å². The Morgan fingerprint density at radius 2 is 1.66 bits per heavy atom. The SMILES string of the molecule is CCc1ccc(C2=CC(c3ccccc3)n3ncc(C(=O)Nc4ccccc4)c3N2)cc1. The summed E-state index contributed by atoms with van der Waals surface area (Å²) < 4.78 is 1.87. The maximum atomic E-state index is 13.1. The molecule has 1 amide bonds. The molecular formula is C27H24N4O. The summed E-state index contributed by atoms with van der Waals surface area (Å²) in [5.41, 5.74) is 5.69. The van der Waals surface area contributed by atoms with Crippen molar-refractivity contribution in [2.24, 2.45) is 0 Å². The molecule has 1 aliphatic heterocycles. The number of nitrogens with zero attached hydrogens (tertiary/aromatic N) is 2. The van der Waals surface area contributed by atoms with Crippen LogP contribution in [0.3, 0.4) is 0 Å². The number of aromatic nitrogens is 2. The second kappa shape index (κ2) is 8.55. The number of hydrogen-bond acceptors (Lipinski definition) is 3. The van der Waals surface area contributed by atoms with E-state index in [1.807, 2.05) is 53.2 Å². The lowest BCUT2D eigenvalue weighted by molar-refractivity contribution is 0.102. The van der Waals surface area contributed by atoms with Gasteiger partial charge in [-0.2, -0.15) is 5.10 Å². The Balaban J connectivity index is 1.55. The van der Waals surface area contributed by atoms with Gasteiger partial charge in [0, 0.05) is 11.4 Å². The summed E-state index contributed by atoms with van der Waals surface area (Å²) in [4.78, 5) is 13.1. The predicted molar refractivity (Wildman–Crippen MR) is 129 cm³/mol. The molecule has 5 rings (SSSR count). The van der Waals surface area contributed by atoms with E-state index < -0.39 is 0 Å². The Kier molecular flexibility index (Phi) is 5.30. The Labute approximate surface area is 187 Å². The number of anilines is 2. The third kappa shape index (κ3) is 3.81. The summed E-state index contributed by atoms with van der Waals surface area (Å²) in [6.45, 7) is 2.15. The molecular weight excluding hydrogens is 396 g/mol. The summed E-state index contributed by atoms with van der Waals surface area (Å²) in [7, 11) is 0. The van der Waals surface area contributed by atoms with Gasteiger partial charge in [0.2, 0.25) is 0 Å². The maximum absolute atomic E-state index is 13.1. The lowest BCUT2D eigenvalue weighted by Gasteiger charge is -2.26. The minimum Gasteiger partial charge on any atom is -0.339 e. The third-order valence-corrected chi connectivity index (χ3v) is 5.73. The first kappa shape index (κ1) is 19.8. The molecule has 5 heteroatoms. The number of nitrogens with one attached hydrogen (secondary N) is 2. The average molecular weight is 421 g/mol. The summed E-state index contributed by atoms with van der Waals surface area (Å²) in [6, 6.07) is 28.1. The van der Waals surface area contributed by atoms with Crippen LogP contribution in [-0.4, -0.2) is 15.7 Å². The molecule has 5 nitrogen and oxygen atoms in total. The van der Waals surface area contributed by atoms with E-state index in [0.29, 0.717) is 11.4 Å². The van der Waals surface area contributed by atoms with Crippen LogP contribution in [0.25, 0.3) is 5.70 Å². The predicted octanol–water partition coefficient (Wildman–Crippen LogP) is 5.75. The highest BCUT2D eigenvalue weighted by Crippen LogP contribution is 2.35. The summed E-state index contributed by atoms with van der Waals surface area (Å²) in [6.07, 6.45) is 4.79. The van der Waals surface area contributed by atoms with Gasteiger partial charge in [-0.3, -0.25) is 4.79 Å². The van der Waals surface area contributed by atoms with Gasteiger partial charge in [0.1, 0.15) is 11.4 Å². The van der Waals surface area contributed by atoms with Crippen molar-refractivity contribution in [1.82, 2.24) is 9.78 Å². The van der Waals surface area contributed by atoms with Gasteiger partial charge in [0.05, 0.1) is 12.2 Å². The molecule has 0 bridgehead atoms. The molecule has 1 unspecified atom stereocenters. The van der Waals surface area contributed by atoms with Crippen LogP contribution in [0.2, 0.25) is 0 Å². The van der Waals surface area contributed by atoms with Crippen molar-refractivity contribution < 1.29 is 4.79 Å². The van der Waals surface area contributed by atoms with Crippen molar-refractivity contribution in [3.63, 3.8) is 0 Å². The van der Waals surface area contributed by atoms with Crippen LogP contribution in [-0.2, 0) is 6.42 Å². The van der Waals surface area contributed by atoms with Crippen LogP contribution >= 0.6 is 0 Å². The fourth-order valence-electron chi connectivity index (χ4n) is 3.96. The van der Waals surface area contributed by atoms with Gasteiger partial charge >= 0.3 is 0 Å². The van der Waals surface area contributed by atoms with Crippen LogP contribution in [0.5, 0.6) is 0 Å². The number of para-hydroxylation sites is 1. The summed E-state index contributed by atoms with van der Waals surface area (Å²) in [5.74, 6) is 0.490. The molecule has 32 heavy (non-hydrogen) atoms. The van der Waals surface area contributed by atoms with Gasteiger partial charge in [0.25, 0.3) is 5.91 Å². The Morgan fingerprint density at radius 1 is 0.969 bits per heavy atom. The van der Waals surface area contributed by atoms with Crippen LogP contribution in [0.1, 0.15) is 40.0 Å². The molecule has 0 fully saturated rings. The average Bonchev–Trinajstić information content (AvgIpc) is 3.29. The second-order valence-corrected chi connectivity index (χ2v) is 7.78. The molecule has 0 aliphatic carbocycles. The number of carbonyl (C=O) groups excluding carboxylic acids is 1. The normalized spacial score (nSPS) is 14.8. The van der Waals surface area contributed by atoms with E-state index in [1.54, 1.807) is 6.20 Å². The monoisotopic (exact) mass is 420 g/mol. The quantitative estimate of drug-likeness (QED) is 0.432. The number of carbonyl (C=O) groups is 1. The van der Waals surface area contributed by atoms with Gasteiger partial charge in [-0.25, -0.2) is 4.68 Å². The van der Waals surface area contributed by atoms with E-state index in [1.165, 1.54) is 5.56 Å². The van der Waals surface area contributed by atoms with Crippen molar-refractivity contribution in [3.8, 4) is 0 Å². The van der Waals surface area contributed by atoms with Gasteiger partial charge in [-0.15, -0.1) is 0 Å². The lowest BCUT2D eigenvalue weighted by atomic mass is 10.00. The Hall–Kier alpha value is -4.12. The van der Waals surface area contributed by atoms with Crippen molar-refractivity contribution >= 4 is 23.1 Å². The number of rotatable bonds is 5. The first-order valence-electron chi connectivity index (χ1n) is 10.8. The highest BCUT2D eigenvalue weighted by atomic mass is 16.1. The minimum absolute atomic E-state index is 0.119. The zero-order valence-corrected chi connectivity index (χ0v) is 17.8. The molecule has 0 spiro atoms. The zero-order chi connectivity index (χ0) is 21.9. The third-order valence-electron chi connectivity index (χ3n) is 5.73. The molecule has 0 radical (unpaired) electrons. The number of allylic oxidation sites excluding steroid dienone is 1. The van der Waals surface area contributed by atoms with Crippen LogP contribution in [0.4, 0.5) is 11.5 Å². The first-order chi connectivity index (χ1) is 15.7. The molecule has 0 saturated carbocycles. The van der Waals surface area contributed by atoms with Crippen LogP contribution in [0, 0.1) is 0 Å². The molecule has 1 atom stereocenters. The Morgan fingerprint density at radius 3 is 2.34 bits per heavy atom. The van der Waals surface area contributed by atoms with Crippen LogP contribution in [0.15, 0.2) is 97.2 Å². The smallest absolute Gasteiger partial charge is 0.261 e. The van der Waals surface area contributed by atoms with E-state index in [2.05, 4.69) is 65.1 Å². The molecule has 3 aromatic carbocycles. The summed E-state index contributed by atoms with van der Waals surface area (Å²) >= 11 is 0. The first-order valence-corrected chi connectivity index (χ1v) is 10.8. The molecule has 0 saturated heterocycles. The second-order valence-electron chi connectivity index (χ2n) is 7.78. The highest BCUT2D eigenvalue weighted by molar-refractivity contribution is 6.08. The number of benzene rings is 3. The molecule has 2 N–H and O–H groups in total. The van der Waals surface area contributed by atoms with E-state index >= 15 is 0 Å². The number of fused-ring (bicyclic) bond motifs is 1. The zero-order valence-electron chi connectivity index (χ0n) is 17.8. The standard InChI is InChI=1S/C27H24N4O/c1-2-19-13-15-20(16-14-19)24-17-25(21-9-5-3-6-10-21)31-26(30-24)23(18-28-31)27(32)29-22-11-7-4-8-12-22/h3-18,25,30H,2H2,1H3,(H,29,32). The topological polar surface area (TPSA) is 59.0 Å². The van der Waals surface area contributed by atoms with Gasteiger partial charge in [-0.1, -0.05) is 79.7 Å². The van der Waals surface area contributed by atoms with Gasteiger partial charge in [-0.05, 0) is 41.3 Å². The number of hydrogen-bond donors (Lipinski definition) is 2. The van der Waals surface area contributed by atoms with E-state index in [9.17, 15) is 4.79 Å². The van der Waals surface area contributed by atoms with E-state index in [0.717, 1.165) is 28.9 Å². The maximum Gasteiger partial charge on any atom is 0.261 e. The highest BCUT2D eigenvalue weighted by Gasteiger charge is 2.27. The largest absolute Gasteiger partial charge is 0.339 e. The molecule has 1 aromatic heterocycles. The molecule has 1 aliphatic rings. The van der Waals surface area contributed by atoms with Crippen LogP contribution < -0.4 is 10.6 Å². The minimum atomic E-state index is -0.195. The van der Waals surface area contributed by atoms with Gasteiger partial charge < -0.3 is 10.6 Å². The molecule has 158 valence electrons. The van der Waals surface area contributed by atoms with E-state index in [-0.39, 0.29) is 11.9 Å².